The molecule has 0 radical (unpaired) electrons. The van der Waals surface area contributed by atoms with Crippen molar-refractivity contribution in [1.82, 2.24) is 5.32 Å². The van der Waals surface area contributed by atoms with Gasteiger partial charge in [-0.25, -0.2) is 12.8 Å². The van der Waals surface area contributed by atoms with Crippen molar-refractivity contribution in [3.05, 3.63) is 64.4 Å². The van der Waals surface area contributed by atoms with Crippen LogP contribution < -0.4 is 9.62 Å². The van der Waals surface area contributed by atoms with E-state index in [0.717, 1.165) is 16.1 Å². The predicted octanol–water partition coefficient (Wildman–Crippen LogP) is 4.38. The summed E-state index contributed by atoms with van der Waals surface area (Å²) in [6.45, 7) is 4.01. The van der Waals surface area contributed by atoms with Gasteiger partial charge in [-0.15, -0.1) is 0 Å². The molecule has 2 aromatic rings. The first kappa shape index (κ1) is 24.5. The van der Waals surface area contributed by atoms with Crippen LogP contribution in [0.2, 0.25) is 5.02 Å². The number of sulfonamides is 1. The molecular weight excluding hydrogens is 447 g/mol. The van der Waals surface area contributed by atoms with Crippen molar-refractivity contribution < 1.29 is 17.6 Å². The van der Waals surface area contributed by atoms with Crippen LogP contribution in [0.1, 0.15) is 24.5 Å². The molecule has 0 aliphatic rings. The summed E-state index contributed by atoms with van der Waals surface area (Å²) in [5, 5.41) is 3.16. The number of halogens is 2. The maximum absolute atomic E-state index is 13.8. The van der Waals surface area contributed by atoms with Gasteiger partial charge in [-0.3, -0.25) is 9.10 Å². The topological polar surface area (TPSA) is 66.5 Å². The van der Waals surface area contributed by atoms with Gasteiger partial charge in [-0.2, -0.15) is 11.8 Å². The molecule has 5 nitrogen and oxygen atoms in total. The molecule has 9 heteroatoms. The van der Waals surface area contributed by atoms with Gasteiger partial charge >= 0.3 is 0 Å². The number of benzene rings is 2. The van der Waals surface area contributed by atoms with E-state index >= 15 is 0 Å². The average molecular weight is 473 g/mol. The Bertz CT molecular complexity index is 948. The Kier molecular flexibility index (Phi) is 9.00. The van der Waals surface area contributed by atoms with E-state index in [-0.39, 0.29) is 11.7 Å². The third kappa shape index (κ3) is 6.62. The van der Waals surface area contributed by atoms with Crippen molar-refractivity contribution in [2.75, 3.05) is 22.9 Å². The SMILES string of the molecule is CC[C@@H](C(=O)NCCSCc1c(F)cccc1Cl)N(c1ccc(C)cc1)S(C)(=O)=O. The monoisotopic (exact) mass is 472 g/mol. The van der Waals surface area contributed by atoms with Crippen molar-refractivity contribution in [2.45, 2.75) is 32.1 Å². The van der Waals surface area contributed by atoms with Crippen molar-refractivity contribution in [1.29, 1.82) is 0 Å². The minimum Gasteiger partial charge on any atom is -0.353 e. The number of nitrogens with zero attached hydrogens (tertiary/aromatic N) is 1. The van der Waals surface area contributed by atoms with Crippen LogP contribution in [0.5, 0.6) is 0 Å². The summed E-state index contributed by atoms with van der Waals surface area (Å²) in [7, 11) is -3.66. The smallest absolute Gasteiger partial charge is 0.243 e. The Labute approximate surface area is 187 Å². The normalized spacial score (nSPS) is 12.4. The molecule has 1 N–H and O–H groups in total. The summed E-state index contributed by atoms with van der Waals surface area (Å²) in [6, 6.07) is 10.7. The van der Waals surface area contributed by atoms with Gasteiger partial charge in [0.15, 0.2) is 0 Å². The first-order valence-electron chi connectivity index (χ1n) is 9.49. The van der Waals surface area contributed by atoms with E-state index in [1.165, 1.54) is 17.8 Å². The molecule has 0 fully saturated rings. The molecular formula is C21H26ClFN2O3S2. The highest BCUT2D eigenvalue weighted by Gasteiger charge is 2.31. The van der Waals surface area contributed by atoms with Gasteiger partial charge in [0.2, 0.25) is 15.9 Å². The molecule has 0 aliphatic carbocycles. The zero-order valence-electron chi connectivity index (χ0n) is 17.2. The molecule has 2 aromatic carbocycles. The largest absolute Gasteiger partial charge is 0.353 e. The van der Waals surface area contributed by atoms with Gasteiger partial charge in [-0.1, -0.05) is 42.3 Å². The van der Waals surface area contributed by atoms with Crippen LogP contribution in [-0.4, -0.2) is 38.9 Å². The van der Waals surface area contributed by atoms with Crippen LogP contribution in [0, 0.1) is 12.7 Å². The van der Waals surface area contributed by atoms with Gasteiger partial charge < -0.3 is 5.32 Å². The fraction of sp³-hybridized carbons (Fsp3) is 0.381. The molecule has 0 spiro atoms. The fourth-order valence-corrected chi connectivity index (χ4v) is 5.37. The average Bonchev–Trinajstić information content (AvgIpc) is 2.67. The summed E-state index contributed by atoms with van der Waals surface area (Å²) in [5.41, 5.74) is 1.88. The number of carbonyl (C=O) groups excluding carboxylic acids is 1. The van der Waals surface area contributed by atoms with E-state index in [4.69, 9.17) is 11.6 Å². The third-order valence-electron chi connectivity index (χ3n) is 4.47. The molecule has 1 amide bonds. The molecule has 0 heterocycles. The number of hydrogen-bond acceptors (Lipinski definition) is 4. The Balaban J connectivity index is 1.98. The highest BCUT2D eigenvalue weighted by molar-refractivity contribution is 7.98. The molecule has 0 unspecified atom stereocenters. The number of thioether (sulfide) groups is 1. The van der Waals surface area contributed by atoms with Gasteiger partial charge in [-0.05, 0) is 37.6 Å². The maximum atomic E-state index is 13.8. The standard InChI is InChI=1S/C21H26ClFN2O3S2/c1-4-20(25(30(3,27)28)16-10-8-15(2)9-11-16)21(26)24-12-13-29-14-17-18(22)6-5-7-19(17)23/h5-11,20H,4,12-14H2,1-3H3,(H,24,26)/t20-/m0/s1. The van der Waals surface area contributed by atoms with E-state index in [9.17, 15) is 17.6 Å². The van der Waals surface area contributed by atoms with Crippen molar-refractivity contribution in [3.8, 4) is 0 Å². The third-order valence-corrected chi connectivity index (χ3v) is 6.99. The second-order valence-corrected chi connectivity index (χ2v) is 10.2. The van der Waals surface area contributed by atoms with Crippen LogP contribution >= 0.6 is 23.4 Å². The molecule has 2 rings (SSSR count). The van der Waals surface area contributed by atoms with Crippen molar-refractivity contribution >= 4 is 45.0 Å². The van der Waals surface area contributed by atoms with E-state index in [1.807, 2.05) is 19.1 Å². The summed E-state index contributed by atoms with van der Waals surface area (Å²) < 4.78 is 39.8. The van der Waals surface area contributed by atoms with Crippen LogP contribution in [-0.2, 0) is 20.6 Å². The van der Waals surface area contributed by atoms with Gasteiger partial charge in [0.05, 0.1) is 11.9 Å². The van der Waals surface area contributed by atoms with Crippen molar-refractivity contribution in [2.24, 2.45) is 0 Å². The summed E-state index contributed by atoms with van der Waals surface area (Å²) in [6.07, 6.45) is 1.42. The van der Waals surface area contributed by atoms with E-state index < -0.39 is 16.1 Å². The molecule has 0 bridgehead atoms. The van der Waals surface area contributed by atoms with Crippen LogP contribution in [0.25, 0.3) is 0 Å². The Morgan fingerprint density at radius 1 is 1.23 bits per heavy atom. The predicted molar refractivity (Wildman–Crippen MR) is 123 cm³/mol. The number of aryl methyl sites for hydroxylation is 1. The van der Waals surface area contributed by atoms with Gasteiger partial charge in [0.1, 0.15) is 11.9 Å². The molecule has 1 atom stereocenters. The quantitative estimate of drug-likeness (QED) is 0.521. The number of rotatable bonds is 10. The first-order valence-corrected chi connectivity index (χ1v) is 12.9. The lowest BCUT2D eigenvalue weighted by atomic mass is 10.1. The number of hydrogen-bond donors (Lipinski definition) is 1. The molecule has 0 saturated carbocycles. The Morgan fingerprint density at radius 3 is 2.47 bits per heavy atom. The van der Waals surface area contributed by atoms with Crippen molar-refractivity contribution in [3.63, 3.8) is 0 Å². The summed E-state index contributed by atoms with van der Waals surface area (Å²) >= 11 is 7.45. The fourth-order valence-electron chi connectivity index (χ4n) is 2.96. The highest BCUT2D eigenvalue weighted by Crippen LogP contribution is 2.24. The highest BCUT2D eigenvalue weighted by atomic mass is 35.5. The molecule has 164 valence electrons. The van der Waals surface area contributed by atoms with E-state index in [2.05, 4.69) is 5.32 Å². The Morgan fingerprint density at radius 2 is 1.90 bits per heavy atom. The van der Waals surface area contributed by atoms with Crippen LogP contribution in [0.15, 0.2) is 42.5 Å². The summed E-state index contributed by atoms with van der Waals surface area (Å²) in [4.78, 5) is 12.7. The van der Waals surface area contributed by atoms with Gasteiger partial charge in [0.25, 0.3) is 0 Å². The zero-order chi connectivity index (χ0) is 22.3. The molecule has 30 heavy (non-hydrogen) atoms. The number of nitrogens with one attached hydrogen (secondary N) is 1. The second kappa shape index (κ2) is 11.0. The minimum absolute atomic E-state index is 0.324. The lowest BCUT2D eigenvalue weighted by Gasteiger charge is -2.30. The van der Waals surface area contributed by atoms with Crippen LogP contribution in [0.4, 0.5) is 10.1 Å². The molecule has 0 saturated heterocycles. The number of anilines is 1. The molecule has 0 aliphatic heterocycles. The number of amides is 1. The Hall–Kier alpha value is -1.77. The zero-order valence-corrected chi connectivity index (χ0v) is 19.6. The maximum Gasteiger partial charge on any atom is 0.243 e. The van der Waals surface area contributed by atoms with Crippen LogP contribution in [0.3, 0.4) is 0 Å². The second-order valence-electron chi connectivity index (χ2n) is 6.86. The lowest BCUT2D eigenvalue weighted by Crippen LogP contribution is -2.49. The van der Waals surface area contributed by atoms with E-state index in [0.29, 0.717) is 40.7 Å². The summed E-state index contributed by atoms with van der Waals surface area (Å²) in [5.74, 6) is 0.202. The number of carbonyl (C=O) groups is 1. The van der Waals surface area contributed by atoms with E-state index in [1.54, 1.807) is 31.2 Å². The lowest BCUT2D eigenvalue weighted by molar-refractivity contribution is -0.122. The first-order chi connectivity index (χ1) is 14.1. The molecule has 0 aromatic heterocycles. The van der Waals surface area contributed by atoms with Gasteiger partial charge in [0, 0.05) is 28.6 Å². The minimum atomic E-state index is -3.66.